The smallest absolute Gasteiger partial charge is 0.336 e. The summed E-state index contributed by atoms with van der Waals surface area (Å²) in [6, 6.07) is 16.6. The molecule has 9 nitrogen and oxygen atoms in total. The van der Waals surface area contributed by atoms with Gasteiger partial charge in [0.1, 0.15) is 11.6 Å². The molecule has 0 aliphatic heterocycles. The Morgan fingerprint density at radius 1 is 0.969 bits per heavy atom. The molecule has 0 saturated carbocycles. The summed E-state index contributed by atoms with van der Waals surface area (Å²) < 4.78 is 27.5. The van der Waals surface area contributed by atoms with E-state index in [0.717, 1.165) is 12.3 Å². The standard InChI is InChI=1S/C22H19N3O6S/c1-32(29,30)31-15-10-11-17(19(12-15)22(27)28)16-4-2-3-5-18(16)21(26)25-14-8-6-13(7-9-14)20(23)24/h2-12H,1H3,(H3,23,24)(H,25,26)(H,27,28). The van der Waals surface area contributed by atoms with E-state index in [0.29, 0.717) is 16.8 Å². The molecule has 164 valence electrons. The van der Waals surface area contributed by atoms with Gasteiger partial charge in [-0.25, -0.2) is 4.79 Å². The Morgan fingerprint density at radius 3 is 2.19 bits per heavy atom. The number of nitrogens with one attached hydrogen (secondary N) is 2. The van der Waals surface area contributed by atoms with Crippen molar-refractivity contribution in [2.45, 2.75) is 0 Å². The quantitative estimate of drug-likeness (QED) is 0.243. The maximum atomic E-state index is 12.9. The van der Waals surface area contributed by atoms with Crippen LogP contribution in [0.5, 0.6) is 5.75 Å². The number of hydrogen-bond acceptors (Lipinski definition) is 6. The van der Waals surface area contributed by atoms with Crippen LogP contribution in [0.1, 0.15) is 26.3 Å². The molecule has 10 heteroatoms. The number of carboxylic acid groups (broad SMARTS) is 1. The number of anilines is 1. The molecule has 5 N–H and O–H groups in total. The number of amidine groups is 1. The van der Waals surface area contributed by atoms with Crippen LogP contribution in [0.2, 0.25) is 0 Å². The summed E-state index contributed by atoms with van der Waals surface area (Å²) in [5, 5.41) is 19.8. The highest BCUT2D eigenvalue weighted by Crippen LogP contribution is 2.31. The third-order valence-corrected chi connectivity index (χ3v) is 4.88. The largest absolute Gasteiger partial charge is 0.478 e. The average molecular weight is 453 g/mol. The van der Waals surface area contributed by atoms with Gasteiger partial charge in [-0.1, -0.05) is 18.2 Å². The molecule has 0 unspecified atom stereocenters. The minimum absolute atomic E-state index is 0.0993. The zero-order chi connectivity index (χ0) is 23.5. The lowest BCUT2D eigenvalue weighted by atomic mass is 9.94. The predicted molar refractivity (Wildman–Crippen MR) is 120 cm³/mol. The molecule has 0 saturated heterocycles. The first-order valence-electron chi connectivity index (χ1n) is 9.17. The van der Waals surface area contributed by atoms with Gasteiger partial charge in [-0.05, 0) is 59.7 Å². The monoisotopic (exact) mass is 453 g/mol. The highest BCUT2D eigenvalue weighted by atomic mass is 32.2. The van der Waals surface area contributed by atoms with Gasteiger partial charge in [0.2, 0.25) is 0 Å². The van der Waals surface area contributed by atoms with Gasteiger partial charge in [-0.3, -0.25) is 10.2 Å². The van der Waals surface area contributed by atoms with Gasteiger partial charge in [0.15, 0.2) is 0 Å². The number of carboxylic acids is 1. The summed E-state index contributed by atoms with van der Waals surface area (Å²) in [5.74, 6) is -2.04. The molecule has 0 aliphatic rings. The van der Waals surface area contributed by atoms with Gasteiger partial charge < -0.3 is 20.3 Å². The molecule has 32 heavy (non-hydrogen) atoms. The molecule has 0 spiro atoms. The van der Waals surface area contributed by atoms with Crippen molar-refractivity contribution < 1.29 is 27.3 Å². The second-order valence-corrected chi connectivity index (χ2v) is 8.37. The molecule has 3 aromatic rings. The summed E-state index contributed by atoms with van der Waals surface area (Å²) in [4.78, 5) is 24.8. The number of nitrogens with two attached hydrogens (primary N) is 1. The van der Waals surface area contributed by atoms with Crippen LogP contribution in [0.3, 0.4) is 0 Å². The second-order valence-electron chi connectivity index (χ2n) is 6.79. The number of nitrogen functional groups attached to an aromatic ring is 1. The van der Waals surface area contributed by atoms with Crippen LogP contribution in [0.4, 0.5) is 5.69 Å². The molecule has 0 aliphatic carbocycles. The van der Waals surface area contributed by atoms with Gasteiger partial charge in [0.05, 0.1) is 11.8 Å². The Bertz CT molecular complexity index is 1320. The molecule has 0 heterocycles. The van der Waals surface area contributed by atoms with E-state index in [2.05, 4.69) is 5.32 Å². The molecule has 0 radical (unpaired) electrons. The Morgan fingerprint density at radius 2 is 1.59 bits per heavy atom. The lowest BCUT2D eigenvalue weighted by Gasteiger charge is -2.14. The number of amides is 1. The minimum Gasteiger partial charge on any atom is -0.478 e. The van der Waals surface area contributed by atoms with Crippen LogP contribution in [-0.2, 0) is 10.1 Å². The zero-order valence-electron chi connectivity index (χ0n) is 16.8. The lowest BCUT2D eigenvalue weighted by molar-refractivity contribution is 0.0697. The van der Waals surface area contributed by atoms with Crippen molar-refractivity contribution in [2.24, 2.45) is 5.73 Å². The summed E-state index contributed by atoms with van der Waals surface area (Å²) in [5.41, 5.74) is 6.94. The van der Waals surface area contributed by atoms with Crippen LogP contribution >= 0.6 is 0 Å². The van der Waals surface area contributed by atoms with E-state index in [-0.39, 0.29) is 28.3 Å². The number of carbonyl (C=O) groups is 2. The first-order chi connectivity index (χ1) is 15.0. The van der Waals surface area contributed by atoms with Crippen LogP contribution in [0, 0.1) is 5.41 Å². The van der Waals surface area contributed by atoms with E-state index in [9.17, 15) is 23.1 Å². The van der Waals surface area contributed by atoms with Gasteiger partial charge >= 0.3 is 16.1 Å². The van der Waals surface area contributed by atoms with Crippen molar-refractivity contribution in [3.63, 3.8) is 0 Å². The highest BCUT2D eigenvalue weighted by Gasteiger charge is 2.20. The fraction of sp³-hybridized carbons (Fsp3) is 0.0455. The first kappa shape index (κ1) is 22.5. The Labute approximate surface area is 184 Å². The molecule has 0 aromatic heterocycles. The van der Waals surface area contributed by atoms with Crippen molar-refractivity contribution in [3.05, 3.63) is 83.4 Å². The third kappa shape index (κ3) is 5.29. The highest BCUT2D eigenvalue weighted by molar-refractivity contribution is 7.86. The van der Waals surface area contributed by atoms with Crippen molar-refractivity contribution in [1.29, 1.82) is 5.41 Å². The Hall–Kier alpha value is -4.18. The first-order valence-corrected chi connectivity index (χ1v) is 11.0. The Kier molecular flexibility index (Phi) is 6.26. The maximum Gasteiger partial charge on any atom is 0.336 e. The fourth-order valence-electron chi connectivity index (χ4n) is 3.01. The van der Waals surface area contributed by atoms with Gasteiger partial charge in [0.25, 0.3) is 5.91 Å². The normalized spacial score (nSPS) is 10.9. The van der Waals surface area contributed by atoms with Gasteiger partial charge in [0, 0.05) is 16.8 Å². The number of benzene rings is 3. The molecular formula is C22H19N3O6S. The van der Waals surface area contributed by atoms with Crippen molar-refractivity contribution in [1.82, 2.24) is 0 Å². The van der Waals surface area contributed by atoms with Crippen LogP contribution in [0.15, 0.2) is 66.7 Å². The number of carbonyl (C=O) groups excluding carboxylic acids is 1. The van der Waals surface area contributed by atoms with Gasteiger partial charge in [-0.15, -0.1) is 0 Å². The minimum atomic E-state index is -3.84. The summed E-state index contributed by atoms with van der Waals surface area (Å²) >= 11 is 0. The third-order valence-electron chi connectivity index (χ3n) is 4.38. The van der Waals surface area contributed by atoms with Crippen LogP contribution in [-0.4, -0.2) is 37.5 Å². The SMILES string of the molecule is CS(=O)(=O)Oc1ccc(-c2ccccc2C(=O)Nc2ccc(C(=N)N)cc2)c(C(=O)O)c1. The molecule has 3 aromatic carbocycles. The molecule has 0 fully saturated rings. The van der Waals surface area contributed by atoms with E-state index >= 15 is 0 Å². The van der Waals surface area contributed by atoms with Crippen molar-refractivity contribution in [3.8, 4) is 16.9 Å². The lowest BCUT2D eigenvalue weighted by Crippen LogP contribution is -2.15. The topological polar surface area (TPSA) is 160 Å². The van der Waals surface area contributed by atoms with Crippen LogP contribution in [0.25, 0.3) is 11.1 Å². The van der Waals surface area contributed by atoms with E-state index in [1.54, 1.807) is 48.5 Å². The number of hydrogen-bond donors (Lipinski definition) is 4. The van der Waals surface area contributed by atoms with E-state index < -0.39 is 22.0 Å². The Balaban J connectivity index is 1.99. The van der Waals surface area contributed by atoms with Crippen molar-refractivity contribution in [2.75, 3.05) is 11.6 Å². The molecule has 1 amide bonds. The van der Waals surface area contributed by atoms with Crippen LogP contribution < -0.4 is 15.2 Å². The fourth-order valence-corrected chi connectivity index (χ4v) is 3.46. The predicted octanol–water partition coefficient (Wildman–Crippen LogP) is 2.93. The summed E-state index contributed by atoms with van der Waals surface area (Å²) in [6.07, 6.45) is 0.851. The average Bonchev–Trinajstić information content (AvgIpc) is 2.73. The number of rotatable bonds is 7. The van der Waals surface area contributed by atoms with E-state index in [4.69, 9.17) is 15.3 Å². The summed E-state index contributed by atoms with van der Waals surface area (Å²) in [7, 11) is -3.84. The summed E-state index contributed by atoms with van der Waals surface area (Å²) in [6.45, 7) is 0. The molecular weight excluding hydrogens is 434 g/mol. The molecule has 0 atom stereocenters. The zero-order valence-corrected chi connectivity index (χ0v) is 17.6. The maximum absolute atomic E-state index is 12.9. The van der Waals surface area contributed by atoms with E-state index in [1.165, 1.54) is 12.1 Å². The van der Waals surface area contributed by atoms with E-state index in [1.807, 2.05) is 0 Å². The molecule has 0 bridgehead atoms. The number of aromatic carboxylic acids is 1. The van der Waals surface area contributed by atoms with Crippen molar-refractivity contribution >= 4 is 33.5 Å². The molecule has 3 rings (SSSR count). The van der Waals surface area contributed by atoms with Gasteiger partial charge in [-0.2, -0.15) is 8.42 Å². The second kappa shape index (κ2) is 8.90.